The average molecular weight is 1900 g/mol. The van der Waals surface area contributed by atoms with Crippen molar-refractivity contribution in [1.29, 1.82) is 16.2 Å². The van der Waals surface area contributed by atoms with E-state index in [0.717, 1.165) is 116 Å². The van der Waals surface area contributed by atoms with Crippen molar-refractivity contribution in [3.63, 3.8) is 0 Å². The second-order valence-corrected chi connectivity index (χ2v) is 35.4. The number of amidine groups is 3. The van der Waals surface area contributed by atoms with E-state index in [-0.39, 0.29) is 72.4 Å². The highest BCUT2D eigenvalue weighted by Gasteiger charge is 2.26. The van der Waals surface area contributed by atoms with Gasteiger partial charge in [0.1, 0.15) is 40.8 Å². The first-order valence-corrected chi connectivity index (χ1v) is 45.7. The molecule has 0 radical (unpaired) electrons. The number of benzene rings is 8. The first kappa shape index (κ1) is 100. The van der Waals surface area contributed by atoms with Gasteiger partial charge in [0.2, 0.25) is 0 Å². The number of halogens is 4. The summed E-state index contributed by atoms with van der Waals surface area (Å²) >= 11 is 23.5. The molecule has 0 spiro atoms. The van der Waals surface area contributed by atoms with Gasteiger partial charge in [-0.15, -0.1) is 0 Å². The number of Topliss-reactive ketones (excluding diaryl/α,β-unsaturated/α-hetero) is 4. The Labute approximate surface area is 811 Å². The van der Waals surface area contributed by atoms with Crippen LogP contribution in [0.2, 0.25) is 20.1 Å². The lowest BCUT2D eigenvalue weighted by Crippen LogP contribution is -2.35. The van der Waals surface area contributed by atoms with Gasteiger partial charge < -0.3 is 61.0 Å². The highest BCUT2D eigenvalue weighted by Crippen LogP contribution is 2.30. The molecule has 27 nitrogen and oxygen atoms in total. The van der Waals surface area contributed by atoms with E-state index in [9.17, 15) is 38.4 Å². The highest BCUT2D eigenvalue weighted by atomic mass is 35.5. The summed E-state index contributed by atoms with van der Waals surface area (Å²) in [6.07, 6.45) is 11.8. The number of likely N-dealkylation sites (N-methyl/N-ethyl adjacent to an activating group) is 1. The molecule has 8 aromatic carbocycles. The van der Waals surface area contributed by atoms with E-state index in [1.165, 1.54) is 31.2 Å². The van der Waals surface area contributed by atoms with Gasteiger partial charge >= 0.3 is 0 Å². The van der Waals surface area contributed by atoms with Crippen LogP contribution in [0.3, 0.4) is 0 Å². The number of hydrogen-bond acceptors (Lipinski definition) is 21. The molecule has 4 aromatic heterocycles. The molecule has 0 aliphatic carbocycles. The number of aliphatic imine (C=N–C) groups is 1. The van der Waals surface area contributed by atoms with Crippen LogP contribution in [0.5, 0.6) is 0 Å². The number of anilines is 8. The molecule has 0 saturated carbocycles. The summed E-state index contributed by atoms with van der Waals surface area (Å²) < 4.78 is 0. The van der Waals surface area contributed by atoms with Crippen molar-refractivity contribution in [3.8, 4) is 0 Å². The number of nitrogens with zero attached hydrogens (tertiary/aromatic N) is 12. The molecular weight excluding hydrogens is 1800 g/mol. The van der Waals surface area contributed by atoms with E-state index < -0.39 is 0 Å². The molecule has 7 heterocycles. The van der Waals surface area contributed by atoms with Gasteiger partial charge in [0.15, 0.2) is 23.1 Å². The predicted molar refractivity (Wildman–Crippen MR) is 546 cm³/mol. The maximum atomic E-state index is 13.2. The van der Waals surface area contributed by atoms with Crippen LogP contribution in [-0.2, 0) is 25.7 Å². The molecule has 15 rings (SSSR count). The van der Waals surface area contributed by atoms with Crippen LogP contribution >= 0.6 is 46.4 Å². The van der Waals surface area contributed by atoms with Gasteiger partial charge in [-0.3, -0.25) is 54.2 Å². The Balaban J connectivity index is 0.000000163. The molecule has 2 fully saturated rings. The summed E-state index contributed by atoms with van der Waals surface area (Å²) in [6.45, 7) is 6.99. The summed E-state index contributed by atoms with van der Waals surface area (Å²) in [5, 5.41) is 37.6. The van der Waals surface area contributed by atoms with Crippen LogP contribution < -0.4 is 40.9 Å². The third kappa shape index (κ3) is 27.6. The number of amides is 4. The van der Waals surface area contributed by atoms with Gasteiger partial charge in [-0.05, 0) is 164 Å². The summed E-state index contributed by atoms with van der Waals surface area (Å²) in [4.78, 5) is 139. The number of carbonyl (C=O) groups is 8. The first-order valence-electron chi connectivity index (χ1n) is 44.1. The van der Waals surface area contributed by atoms with Gasteiger partial charge in [-0.2, -0.15) is 0 Å². The van der Waals surface area contributed by atoms with Crippen LogP contribution in [0.15, 0.2) is 248 Å². The fourth-order valence-corrected chi connectivity index (χ4v) is 15.5. The van der Waals surface area contributed by atoms with E-state index in [1.807, 2.05) is 174 Å². The minimum atomic E-state index is -0.351. The minimum absolute atomic E-state index is 0.0652. The largest absolute Gasteiger partial charge is 0.378 e. The number of likely N-dealkylation sites (tertiary alicyclic amines) is 2. The maximum Gasteiger partial charge on any atom is 0.257 e. The average Bonchev–Trinajstić information content (AvgIpc) is 1.23. The number of hydrogen-bond donors (Lipinski definition) is 7. The summed E-state index contributed by atoms with van der Waals surface area (Å²) in [5.74, 6) is 1.71. The van der Waals surface area contributed by atoms with E-state index in [1.54, 1.807) is 134 Å². The molecule has 4 amide bonds. The second-order valence-electron chi connectivity index (χ2n) is 33.6. The van der Waals surface area contributed by atoms with E-state index in [4.69, 9.17) is 62.6 Å². The van der Waals surface area contributed by atoms with Crippen LogP contribution in [-0.4, -0.2) is 207 Å². The monoisotopic (exact) mass is 1900 g/mol. The van der Waals surface area contributed by atoms with Gasteiger partial charge in [0.05, 0.1) is 26.6 Å². The van der Waals surface area contributed by atoms with Crippen molar-refractivity contribution in [2.75, 3.05) is 144 Å². The Kier molecular flexibility index (Phi) is 34.9. The third-order valence-corrected chi connectivity index (χ3v) is 23.8. The number of carbonyl (C=O) groups excluding carboxylic acids is 8. The Morgan fingerprint density at radius 1 is 0.324 bits per heavy atom. The maximum absolute atomic E-state index is 13.2. The second kappa shape index (κ2) is 47.3. The molecule has 698 valence electrons. The topological polar surface area (TPSA) is 343 Å². The van der Waals surface area contributed by atoms with Gasteiger partial charge in [-0.25, -0.2) is 19.9 Å². The summed E-state index contributed by atoms with van der Waals surface area (Å²) in [6, 6.07) is 63.8. The van der Waals surface area contributed by atoms with Crippen LogP contribution in [0.25, 0.3) is 0 Å². The molecular formula is C105H107Cl4N19O8. The fraction of sp³-hybridized carbons (Fsp3) is 0.238. The lowest BCUT2D eigenvalue weighted by molar-refractivity contribution is 0.0980. The van der Waals surface area contributed by atoms with Gasteiger partial charge in [-0.1, -0.05) is 168 Å². The van der Waals surface area contributed by atoms with Crippen LogP contribution in [0.4, 0.5) is 46.0 Å². The molecule has 0 bridgehead atoms. The summed E-state index contributed by atoms with van der Waals surface area (Å²) in [5.41, 5.74) is 13.6. The SMILES string of the molecule is CC(=N)c1ccc(C(=O)Cc2ccc(N(C)C)cc2C(=O)Nc2ccc(Cl)cn2)cc1.CN(C)c1ccc(CC(=O)c2ccc(C(=N)N3CCCC3)cc2)c(C(=O)Nc2ccc(Cl)cn2)c1.CN(C)c1ccc(CC(=O)c2ccc(C(=N)N3CCCCC3)cc2)c(C(=O)Nc2ccc(Cl)cn2)c1.CN1CCN=C1c1ccc(C(=O)Cc2ccc(N(C)C)cc2C(=O)Nc2ccc(Cl)cn2)cc1. The highest BCUT2D eigenvalue weighted by molar-refractivity contribution is 6.31. The number of aromatic nitrogens is 4. The number of piperidine rings is 1. The van der Waals surface area contributed by atoms with Crippen molar-refractivity contribution in [2.45, 2.75) is 64.7 Å². The third-order valence-electron chi connectivity index (χ3n) is 22.9. The fourth-order valence-electron chi connectivity index (χ4n) is 15.1. The van der Waals surface area contributed by atoms with Crippen LogP contribution in [0.1, 0.15) is 166 Å². The number of pyridine rings is 4. The lowest BCUT2D eigenvalue weighted by atomic mass is 9.96. The molecule has 12 aromatic rings. The zero-order valence-electron chi connectivity index (χ0n) is 77.3. The molecule has 0 atom stereocenters. The zero-order chi connectivity index (χ0) is 97.4. The van der Waals surface area contributed by atoms with Gasteiger partial charge in [0.25, 0.3) is 23.6 Å². The van der Waals surface area contributed by atoms with E-state index >= 15 is 0 Å². The minimum Gasteiger partial charge on any atom is -0.378 e. The molecule has 31 heteroatoms. The molecule has 2 saturated heterocycles. The van der Waals surface area contributed by atoms with E-state index in [2.05, 4.69) is 60.9 Å². The predicted octanol–water partition coefficient (Wildman–Crippen LogP) is 19.2. The van der Waals surface area contributed by atoms with Crippen molar-refractivity contribution in [3.05, 3.63) is 352 Å². The first-order chi connectivity index (χ1) is 65.2. The molecule has 3 aliphatic heterocycles. The van der Waals surface area contributed by atoms with Crippen LogP contribution in [0, 0.1) is 16.2 Å². The van der Waals surface area contributed by atoms with Crippen molar-refractivity contribution < 1.29 is 38.4 Å². The lowest BCUT2D eigenvalue weighted by Gasteiger charge is -2.29. The standard InChI is InChI=1S/C28H30ClN5O2.C27H28ClN5O2.C26H26ClN5O2.C24H23ClN4O2/c1-33(2)23-12-10-21(24(17-23)28(36)32-26-13-11-22(29)18-31-26)16-25(35)19-6-8-20(9-7-19)27(30)34-14-4-3-5-15-34;1-32(2)22-11-9-20(23(16-22)27(35)31-25-12-10-21(28)17-30-25)15-24(34)18-5-7-19(8-6-18)26(29)33-13-3-4-14-33;1-31(2)21-10-8-19(22(15-21)26(34)30-24-11-9-20(27)16-29-24)14-23(33)17-4-6-18(7-5-17)25-28-12-13-32(25)3;1-15(26)16-4-6-17(7-5-16)22(30)12-18-8-10-20(29(2)3)13-21(18)24(31)28-23-11-9-19(25)14-27-23/h6-13,17-18,30H,3-5,14-16H2,1-2H3,(H,31,32,36);5-12,16-17,29H,3-4,13-15H2,1-2H3,(H,30,31,35);4-11,15-16H,12-14H2,1-3H3,(H,29,30,34);4-11,13-14,26H,12H2,1-3H3,(H,27,28,31). The van der Waals surface area contributed by atoms with E-state index in [0.29, 0.717) is 128 Å². The van der Waals surface area contributed by atoms with Crippen molar-refractivity contribution in [1.82, 2.24) is 34.6 Å². The molecule has 136 heavy (non-hydrogen) atoms. The normalized spacial score (nSPS) is 12.5. The molecule has 0 unspecified atom stereocenters. The number of ketones is 4. The Bertz CT molecular complexity index is 6390. The van der Waals surface area contributed by atoms with Crippen molar-refractivity contribution in [2.24, 2.45) is 4.99 Å². The van der Waals surface area contributed by atoms with Crippen molar-refractivity contribution >= 4 is 162 Å². The molecule has 3 aliphatic rings. The number of nitrogens with one attached hydrogen (secondary N) is 7. The zero-order valence-corrected chi connectivity index (χ0v) is 80.4. The Morgan fingerprint density at radius 2 is 0.574 bits per heavy atom. The molecule has 7 N–H and O–H groups in total. The number of rotatable bonds is 28. The quantitative estimate of drug-likeness (QED) is 0.0136. The smallest absolute Gasteiger partial charge is 0.257 e. The summed E-state index contributed by atoms with van der Waals surface area (Å²) in [7, 11) is 17.1. The van der Waals surface area contributed by atoms with Gasteiger partial charge in [0, 0.05) is 236 Å². The Morgan fingerprint density at radius 3 is 0.809 bits per heavy atom. The Hall–Kier alpha value is -14.6.